The zero-order chi connectivity index (χ0) is 22.8. The fraction of sp³-hybridized carbons (Fsp3) is 0.250. The van der Waals surface area contributed by atoms with Crippen molar-refractivity contribution in [3.8, 4) is 5.75 Å². The average Bonchev–Trinajstić information content (AvgIpc) is 3.34. The van der Waals surface area contributed by atoms with Gasteiger partial charge in [-0.2, -0.15) is 0 Å². The van der Waals surface area contributed by atoms with E-state index >= 15 is 0 Å². The van der Waals surface area contributed by atoms with E-state index in [1.54, 1.807) is 12.3 Å². The monoisotopic (exact) mass is 437 g/mol. The molecule has 2 aromatic heterocycles. The second-order valence-electron chi connectivity index (χ2n) is 8.81. The van der Waals surface area contributed by atoms with E-state index in [-0.39, 0.29) is 17.2 Å². The molecule has 4 aromatic rings. The zero-order valence-corrected chi connectivity index (χ0v) is 18.8. The Balaban J connectivity index is 1.56. The fourth-order valence-corrected chi connectivity index (χ4v) is 4.69. The minimum Gasteiger partial charge on any atom is -0.504 e. The number of pyridine rings is 2. The second-order valence-corrected chi connectivity index (χ2v) is 8.81. The van der Waals surface area contributed by atoms with Crippen molar-refractivity contribution in [2.75, 3.05) is 13.1 Å². The van der Waals surface area contributed by atoms with E-state index in [0.717, 1.165) is 42.6 Å². The highest BCUT2D eigenvalue weighted by Gasteiger charge is 2.22. The molecule has 0 bridgehead atoms. The predicted octanol–water partition coefficient (Wildman–Crippen LogP) is 5.06. The SMILES string of the molecule is Cc1nc(C(=O)c2cc(Cc3ccccc3)cc(CN3CCCC3)c2)c(O)c2ncccc12. The maximum atomic E-state index is 13.6. The van der Waals surface area contributed by atoms with Crippen molar-refractivity contribution in [1.82, 2.24) is 14.9 Å². The summed E-state index contributed by atoms with van der Waals surface area (Å²) in [6.07, 6.45) is 4.80. The number of hydrogen-bond donors (Lipinski definition) is 1. The van der Waals surface area contributed by atoms with Crippen LogP contribution in [0.1, 0.15) is 51.3 Å². The van der Waals surface area contributed by atoms with Gasteiger partial charge in [-0.15, -0.1) is 0 Å². The lowest BCUT2D eigenvalue weighted by Crippen LogP contribution is -2.19. The number of carbonyl (C=O) groups excluding carboxylic acids is 1. The maximum absolute atomic E-state index is 13.6. The topological polar surface area (TPSA) is 66.3 Å². The molecule has 0 atom stereocenters. The van der Waals surface area contributed by atoms with Gasteiger partial charge in [-0.05, 0) is 80.2 Å². The van der Waals surface area contributed by atoms with Crippen LogP contribution in [0.25, 0.3) is 10.9 Å². The van der Waals surface area contributed by atoms with Crippen molar-refractivity contribution in [2.45, 2.75) is 32.7 Å². The quantitative estimate of drug-likeness (QED) is 0.427. The molecule has 0 radical (unpaired) electrons. The molecule has 1 fully saturated rings. The summed E-state index contributed by atoms with van der Waals surface area (Å²) < 4.78 is 0. The highest BCUT2D eigenvalue weighted by atomic mass is 16.3. The molecule has 1 aliphatic heterocycles. The molecular weight excluding hydrogens is 410 g/mol. The first-order valence-electron chi connectivity index (χ1n) is 11.5. The normalized spacial score (nSPS) is 14.1. The maximum Gasteiger partial charge on any atom is 0.215 e. The van der Waals surface area contributed by atoms with Crippen LogP contribution in [0, 0.1) is 6.92 Å². The van der Waals surface area contributed by atoms with Crippen LogP contribution in [-0.2, 0) is 13.0 Å². The third-order valence-corrected chi connectivity index (χ3v) is 6.31. The third kappa shape index (κ3) is 4.50. The number of nitrogens with zero attached hydrogens (tertiary/aromatic N) is 3. The van der Waals surface area contributed by atoms with E-state index < -0.39 is 0 Å². The van der Waals surface area contributed by atoms with E-state index in [4.69, 9.17) is 0 Å². The molecule has 0 amide bonds. The van der Waals surface area contributed by atoms with Crippen LogP contribution < -0.4 is 0 Å². The number of hydrogen-bond acceptors (Lipinski definition) is 5. The molecule has 2 aromatic carbocycles. The minimum atomic E-state index is -0.277. The number of aryl methyl sites for hydroxylation is 1. The van der Waals surface area contributed by atoms with E-state index in [2.05, 4.69) is 33.1 Å². The molecule has 1 saturated heterocycles. The van der Waals surface area contributed by atoms with Gasteiger partial charge in [0.05, 0.1) is 0 Å². The number of benzene rings is 2. The van der Waals surface area contributed by atoms with Crippen LogP contribution in [0.2, 0.25) is 0 Å². The lowest BCUT2D eigenvalue weighted by Gasteiger charge is -2.17. The molecule has 3 heterocycles. The Morgan fingerprint density at radius 1 is 0.970 bits per heavy atom. The lowest BCUT2D eigenvalue weighted by atomic mass is 9.96. The number of aromatic nitrogens is 2. The van der Waals surface area contributed by atoms with E-state index in [1.165, 1.54) is 18.4 Å². The Kier molecular flexibility index (Phi) is 5.88. The molecule has 0 spiro atoms. The van der Waals surface area contributed by atoms with Crippen molar-refractivity contribution in [3.05, 3.63) is 101 Å². The molecular formula is C28H27N3O2. The van der Waals surface area contributed by atoms with Crippen LogP contribution in [0.3, 0.4) is 0 Å². The summed E-state index contributed by atoms with van der Waals surface area (Å²) in [5.74, 6) is -0.434. The van der Waals surface area contributed by atoms with Gasteiger partial charge in [0.1, 0.15) is 5.52 Å². The van der Waals surface area contributed by atoms with Gasteiger partial charge in [-0.3, -0.25) is 14.7 Å². The number of ketones is 1. The van der Waals surface area contributed by atoms with Gasteiger partial charge >= 0.3 is 0 Å². The highest BCUT2D eigenvalue weighted by molar-refractivity contribution is 6.12. The van der Waals surface area contributed by atoms with E-state index in [1.807, 2.05) is 43.3 Å². The predicted molar refractivity (Wildman–Crippen MR) is 130 cm³/mol. The molecule has 1 N–H and O–H groups in total. The number of fused-ring (bicyclic) bond motifs is 1. The molecule has 33 heavy (non-hydrogen) atoms. The van der Waals surface area contributed by atoms with Gasteiger partial charge in [-0.25, -0.2) is 4.98 Å². The standard InChI is InChI=1S/C28H27N3O2/c1-19-24-10-7-11-29-25(24)28(33)26(30-19)27(32)23-16-21(14-20-8-3-2-4-9-20)15-22(17-23)18-31-12-5-6-13-31/h2-4,7-11,15-17,33H,5-6,12-14,18H2,1H3. The number of aromatic hydroxyl groups is 1. The Hall–Kier alpha value is -3.57. The average molecular weight is 438 g/mol. The smallest absolute Gasteiger partial charge is 0.215 e. The Morgan fingerprint density at radius 2 is 1.73 bits per heavy atom. The fourth-order valence-electron chi connectivity index (χ4n) is 4.69. The summed E-state index contributed by atoms with van der Waals surface area (Å²) in [4.78, 5) is 24.8. The van der Waals surface area contributed by atoms with Gasteiger partial charge in [0.15, 0.2) is 11.4 Å². The third-order valence-electron chi connectivity index (χ3n) is 6.31. The first-order chi connectivity index (χ1) is 16.1. The molecule has 5 rings (SSSR count). The lowest BCUT2D eigenvalue weighted by molar-refractivity contribution is 0.103. The largest absolute Gasteiger partial charge is 0.504 e. The second kappa shape index (κ2) is 9.12. The number of rotatable bonds is 6. The van der Waals surface area contributed by atoms with Crippen molar-refractivity contribution in [3.63, 3.8) is 0 Å². The number of carbonyl (C=O) groups is 1. The van der Waals surface area contributed by atoms with Crippen molar-refractivity contribution >= 4 is 16.7 Å². The van der Waals surface area contributed by atoms with Crippen LogP contribution >= 0.6 is 0 Å². The van der Waals surface area contributed by atoms with Crippen molar-refractivity contribution in [2.24, 2.45) is 0 Å². The van der Waals surface area contributed by atoms with E-state index in [0.29, 0.717) is 16.8 Å². The van der Waals surface area contributed by atoms with Gasteiger partial charge < -0.3 is 5.11 Å². The minimum absolute atomic E-state index is 0.0580. The van der Waals surface area contributed by atoms with Crippen molar-refractivity contribution in [1.29, 1.82) is 0 Å². The summed E-state index contributed by atoms with van der Waals surface area (Å²) >= 11 is 0. The molecule has 166 valence electrons. The van der Waals surface area contributed by atoms with Crippen LogP contribution in [-0.4, -0.2) is 38.8 Å². The summed E-state index contributed by atoms with van der Waals surface area (Å²) in [5.41, 5.74) is 5.09. The molecule has 0 saturated carbocycles. The van der Waals surface area contributed by atoms with Crippen LogP contribution in [0.15, 0.2) is 66.9 Å². The van der Waals surface area contributed by atoms with Crippen LogP contribution in [0.5, 0.6) is 5.75 Å². The van der Waals surface area contributed by atoms with Crippen molar-refractivity contribution < 1.29 is 9.90 Å². The molecule has 0 unspecified atom stereocenters. The molecule has 0 aliphatic carbocycles. The van der Waals surface area contributed by atoms with Gasteiger partial charge in [0, 0.05) is 29.4 Å². The summed E-state index contributed by atoms with van der Waals surface area (Å²) in [6, 6.07) is 20.0. The molecule has 5 nitrogen and oxygen atoms in total. The van der Waals surface area contributed by atoms with Gasteiger partial charge in [0.25, 0.3) is 0 Å². The van der Waals surface area contributed by atoms with Gasteiger partial charge in [-0.1, -0.05) is 36.4 Å². The first kappa shape index (κ1) is 21.3. The summed E-state index contributed by atoms with van der Waals surface area (Å²) in [5, 5.41) is 11.6. The highest BCUT2D eigenvalue weighted by Crippen LogP contribution is 2.30. The van der Waals surface area contributed by atoms with E-state index in [9.17, 15) is 9.90 Å². The summed E-state index contributed by atoms with van der Waals surface area (Å²) in [7, 11) is 0. The zero-order valence-electron chi connectivity index (χ0n) is 18.8. The Bertz CT molecular complexity index is 1310. The van der Waals surface area contributed by atoms with Gasteiger partial charge in [0.2, 0.25) is 5.78 Å². The number of likely N-dealkylation sites (tertiary alicyclic amines) is 1. The Morgan fingerprint density at radius 3 is 2.52 bits per heavy atom. The molecule has 5 heteroatoms. The molecule has 1 aliphatic rings. The Labute approximate surface area is 193 Å². The first-order valence-corrected chi connectivity index (χ1v) is 11.5. The van der Waals surface area contributed by atoms with Crippen LogP contribution in [0.4, 0.5) is 0 Å². The summed E-state index contributed by atoms with van der Waals surface area (Å²) in [6.45, 7) is 4.83.